The average Bonchev–Trinajstić information content (AvgIpc) is 2.29. The molecule has 1 aromatic rings. The van der Waals surface area contributed by atoms with Crippen molar-refractivity contribution in [2.45, 2.75) is 38.8 Å². The van der Waals surface area contributed by atoms with E-state index in [4.69, 9.17) is 5.11 Å². The molecular weight excluding hydrogens is 282 g/mol. The molecule has 1 aromatic carbocycles. The number of carboxylic acids is 1. The van der Waals surface area contributed by atoms with Crippen LogP contribution in [0.15, 0.2) is 28.7 Å². The Hall–Kier alpha value is -0.870. The van der Waals surface area contributed by atoms with Crippen molar-refractivity contribution in [3.05, 3.63) is 34.3 Å². The van der Waals surface area contributed by atoms with Crippen LogP contribution in [0.25, 0.3) is 0 Å². The highest BCUT2D eigenvalue weighted by molar-refractivity contribution is 9.10. The third kappa shape index (κ3) is 4.48. The smallest absolute Gasteiger partial charge is 0.320 e. The van der Waals surface area contributed by atoms with Gasteiger partial charge in [-0.3, -0.25) is 10.1 Å². The number of rotatable bonds is 6. The number of halogens is 1. The van der Waals surface area contributed by atoms with Gasteiger partial charge in [-0.15, -0.1) is 0 Å². The third-order valence-electron chi connectivity index (χ3n) is 2.70. The van der Waals surface area contributed by atoms with E-state index in [0.717, 1.165) is 16.5 Å². The molecular formula is C13H18BrNO2. The first-order valence-electron chi connectivity index (χ1n) is 5.79. The van der Waals surface area contributed by atoms with Gasteiger partial charge in [-0.05, 0) is 31.0 Å². The zero-order valence-electron chi connectivity index (χ0n) is 10.1. The standard InChI is InChI=1S/C13H18BrNO2/c1-3-4-12(13(16)17)15-9(2)10-5-7-11(14)8-6-10/h5-9,12,15H,3-4H2,1-2H3,(H,16,17)/t9-,12?/m1/s1. The molecule has 0 aromatic heterocycles. The molecule has 1 rings (SSSR count). The molecule has 2 N–H and O–H groups in total. The Balaban J connectivity index is 2.66. The van der Waals surface area contributed by atoms with Gasteiger partial charge in [0.2, 0.25) is 0 Å². The molecule has 1 unspecified atom stereocenters. The molecule has 0 spiro atoms. The molecule has 0 heterocycles. The van der Waals surface area contributed by atoms with Crippen LogP contribution in [0, 0.1) is 0 Å². The molecule has 2 atom stereocenters. The van der Waals surface area contributed by atoms with Crippen LogP contribution in [0.3, 0.4) is 0 Å². The van der Waals surface area contributed by atoms with Crippen molar-refractivity contribution in [2.24, 2.45) is 0 Å². The van der Waals surface area contributed by atoms with Crippen molar-refractivity contribution in [2.75, 3.05) is 0 Å². The third-order valence-corrected chi connectivity index (χ3v) is 3.23. The largest absolute Gasteiger partial charge is 0.480 e. The van der Waals surface area contributed by atoms with Crippen LogP contribution in [-0.2, 0) is 4.79 Å². The summed E-state index contributed by atoms with van der Waals surface area (Å²) in [5.41, 5.74) is 1.09. The summed E-state index contributed by atoms with van der Waals surface area (Å²) in [4.78, 5) is 11.0. The van der Waals surface area contributed by atoms with Crippen LogP contribution in [0.5, 0.6) is 0 Å². The van der Waals surface area contributed by atoms with Crippen LogP contribution in [0.1, 0.15) is 38.3 Å². The second-order valence-electron chi connectivity index (χ2n) is 4.12. The van der Waals surface area contributed by atoms with E-state index < -0.39 is 12.0 Å². The molecule has 17 heavy (non-hydrogen) atoms. The molecule has 0 aliphatic carbocycles. The van der Waals surface area contributed by atoms with Gasteiger partial charge in [0.1, 0.15) is 6.04 Å². The first kappa shape index (κ1) is 14.2. The Morgan fingerprint density at radius 1 is 1.41 bits per heavy atom. The Kier molecular flexibility index (Phi) is 5.65. The Bertz CT molecular complexity index is 364. The molecule has 0 aliphatic heterocycles. The zero-order valence-corrected chi connectivity index (χ0v) is 11.7. The summed E-state index contributed by atoms with van der Waals surface area (Å²) >= 11 is 3.38. The summed E-state index contributed by atoms with van der Waals surface area (Å²) in [6, 6.07) is 7.47. The van der Waals surface area contributed by atoms with Gasteiger partial charge in [0, 0.05) is 10.5 Å². The molecule has 0 saturated heterocycles. The monoisotopic (exact) mass is 299 g/mol. The second kappa shape index (κ2) is 6.77. The predicted molar refractivity (Wildman–Crippen MR) is 72.0 cm³/mol. The number of hydrogen-bond acceptors (Lipinski definition) is 2. The fourth-order valence-electron chi connectivity index (χ4n) is 1.72. The molecule has 0 amide bonds. The summed E-state index contributed by atoms with van der Waals surface area (Å²) in [5.74, 6) is -0.782. The van der Waals surface area contributed by atoms with Crippen LogP contribution in [0.4, 0.5) is 0 Å². The summed E-state index contributed by atoms with van der Waals surface area (Å²) in [6.45, 7) is 3.97. The lowest BCUT2D eigenvalue weighted by Crippen LogP contribution is -2.38. The number of carbonyl (C=O) groups is 1. The minimum absolute atomic E-state index is 0.0377. The number of aliphatic carboxylic acids is 1. The number of carboxylic acid groups (broad SMARTS) is 1. The fraction of sp³-hybridized carbons (Fsp3) is 0.462. The maximum Gasteiger partial charge on any atom is 0.320 e. The fourth-order valence-corrected chi connectivity index (χ4v) is 1.98. The van der Waals surface area contributed by atoms with E-state index in [1.165, 1.54) is 0 Å². The minimum Gasteiger partial charge on any atom is -0.480 e. The molecule has 0 radical (unpaired) electrons. The van der Waals surface area contributed by atoms with E-state index in [1.807, 2.05) is 38.1 Å². The first-order chi connectivity index (χ1) is 8.04. The van der Waals surface area contributed by atoms with Crippen LogP contribution in [-0.4, -0.2) is 17.1 Å². The minimum atomic E-state index is -0.782. The van der Waals surface area contributed by atoms with Gasteiger partial charge in [-0.2, -0.15) is 0 Å². The van der Waals surface area contributed by atoms with Gasteiger partial charge >= 0.3 is 5.97 Å². The number of benzene rings is 1. The summed E-state index contributed by atoms with van der Waals surface area (Å²) in [5, 5.41) is 12.2. The van der Waals surface area contributed by atoms with Crippen LogP contribution in [0.2, 0.25) is 0 Å². The maximum absolute atomic E-state index is 11.0. The predicted octanol–water partition coefficient (Wildman–Crippen LogP) is 3.35. The van der Waals surface area contributed by atoms with Crippen molar-refractivity contribution in [1.82, 2.24) is 5.32 Å². The van der Waals surface area contributed by atoms with E-state index in [2.05, 4.69) is 21.2 Å². The highest BCUT2D eigenvalue weighted by Crippen LogP contribution is 2.17. The molecule has 0 fully saturated rings. The molecule has 4 heteroatoms. The molecule has 0 saturated carbocycles. The van der Waals surface area contributed by atoms with E-state index in [9.17, 15) is 4.79 Å². The van der Waals surface area contributed by atoms with Gasteiger partial charge in [0.15, 0.2) is 0 Å². The Morgan fingerprint density at radius 3 is 2.47 bits per heavy atom. The van der Waals surface area contributed by atoms with Gasteiger partial charge in [-0.1, -0.05) is 41.4 Å². The van der Waals surface area contributed by atoms with E-state index in [-0.39, 0.29) is 6.04 Å². The van der Waals surface area contributed by atoms with Crippen molar-refractivity contribution >= 4 is 21.9 Å². The lowest BCUT2D eigenvalue weighted by molar-refractivity contribution is -0.139. The van der Waals surface area contributed by atoms with Crippen molar-refractivity contribution in [3.63, 3.8) is 0 Å². The quantitative estimate of drug-likeness (QED) is 0.847. The highest BCUT2D eigenvalue weighted by Gasteiger charge is 2.18. The number of nitrogens with one attached hydrogen (secondary N) is 1. The van der Waals surface area contributed by atoms with E-state index in [1.54, 1.807) is 0 Å². The topological polar surface area (TPSA) is 49.3 Å². The highest BCUT2D eigenvalue weighted by atomic mass is 79.9. The maximum atomic E-state index is 11.0. The van der Waals surface area contributed by atoms with Gasteiger partial charge in [0.05, 0.1) is 0 Å². The van der Waals surface area contributed by atoms with Crippen molar-refractivity contribution < 1.29 is 9.90 Å². The second-order valence-corrected chi connectivity index (χ2v) is 5.04. The zero-order chi connectivity index (χ0) is 12.8. The number of hydrogen-bond donors (Lipinski definition) is 2. The molecule has 0 bridgehead atoms. The lowest BCUT2D eigenvalue weighted by Gasteiger charge is -2.20. The van der Waals surface area contributed by atoms with Crippen molar-refractivity contribution in [3.8, 4) is 0 Å². The van der Waals surface area contributed by atoms with E-state index in [0.29, 0.717) is 6.42 Å². The lowest BCUT2D eigenvalue weighted by atomic mass is 10.1. The molecule has 3 nitrogen and oxygen atoms in total. The average molecular weight is 300 g/mol. The summed E-state index contributed by atoms with van der Waals surface area (Å²) < 4.78 is 1.02. The molecule has 0 aliphatic rings. The SMILES string of the molecule is CCCC(N[C@H](C)c1ccc(Br)cc1)C(=O)O. The summed E-state index contributed by atoms with van der Waals surface area (Å²) in [7, 11) is 0. The van der Waals surface area contributed by atoms with Crippen molar-refractivity contribution in [1.29, 1.82) is 0 Å². The van der Waals surface area contributed by atoms with E-state index >= 15 is 0 Å². The van der Waals surface area contributed by atoms with Gasteiger partial charge in [0.25, 0.3) is 0 Å². The first-order valence-corrected chi connectivity index (χ1v) is 6.58. The summed E-state index contributed by atoms with van der Waals surface area (Å²) in [6.07, 6.45) is 1.51. The van der Waals surface area contributed by atoms with Crippen LogP contribution < -0.4 is 5.32 Å². The van der Waals surface area contributed by atoms with Gasteiger partial charge in [-0.25, -0.2) is 0 Å². The molecule has 94 valence electrons. The Labute approximate surface area is 110 Å². The van der Waals surface area contributed by atoms with Crippen LogP contribution >= 0.6 is 15.9 Å². The normalized spacial score (nSPS) is 14.3. The van der Waals surface area contributed by atoms with Gasteiger partial charge < -0.3 is 5.11 Å². The Morgan fingerprint density at radius 2 is 2.00 bits per heavy atom.